The minimum atomic E-state index is -1.24. The van der Waals surface area contributed by atoms with E-state index in [0.717, 1.165) is 28.7 Å². The number of nitrogens with zero attached hydrogens (tertiary/aromatic N) is 1. The van der Waals surface area contributed by atoms with Gasteiger partial charge in [0.15, 0.2) is 17.6 Å². The Morgan fingerprint density at radius 2 is 1.94 bits per heavy atom. The van der Waals surface area contributed by atoms with Crippen LogP contribution in [-0.2, 0) is 16.6 Å². The van der Waals surface area contributed by atoms with Gasteiger partial charge in [-0.25, -0.2) is 0 Å². The molecule has 2 aliphatic heterocycles. The third-order valence-electron chi connectivity index (χ3n) is 8.82. The van der Waals surface area contributed by atoms with Crippen molar-refractivity contribution in [3.63, 3.8) is 0 Å². The van der Waals surface area contributed by atoms with E-state index >= 15 is 0 Å². The largest absolute Gasteiger partial charge is 0.508 e. The molecule has 4 N–H and O–H groups in total. The van der Waals surface area contributed by atoms with Gasteiger partial charge in [0, 0.05) is 28.3 Å². The number of benzene rings is 2. The van der Waals surface area contributed by atoms with Gasteiger partial charge in [0.25, 0.3) is 5.91 Å². The number of aliphatic hydroxyl groups excluding tert-OH is 1. The standard InChI is InChI=1S/C28H31BrN2O5/c1-15(26(34)30-19-8-6-18(29)7-9-19)23(33)25-28-11-12-31(14-16-3-4-16)21(27(28,2)35)13-17-5-10-20(32)24(36-25)22(17)28/h5-10,16,21,25,32-33,35H,3-4,11-14H2,1-2H3,(H,30,34)/b23-15-/t21-,25+,27-,28+/m1/s1. The molecule has 6 rings (SSSR count). The van der Waals surface area contributed by atoms with Crippen molar-refractivity contribution in [1.82, 2.24) is 4.90 Å². The predicted octanol–water partition coefficient (Wildman–Crippen LogP) is 4.42. The van der Waals surface area contributed by atoms with E-state index in [1.165, 1.54) is 12.8 Å². The van der Waals surface area contributed by atoms with Crippen molar-refractivity contribution < 1.29 is 24.9 Å². The molecule has 2 aromatic rings. The zero-order valence-electron chi connectivity index (χ0n) is 20.4. The van der Waals surface area contributed by atoms with Gasteiger partial charge in [0.2, 0.25) is 0 Å². The van der Waals surface area contributed by atoms with E-state index in [1.807, 2.05) is 25.1 Å². The number of halogens is 1. The first kappa shape index (κ1) is 23.8. The lowest BCUT2D eigenvalue weighted by Crippen LogP contribution is -2.73. The Morgan fingerprint density at radius 1 is 1.22 bits per heavy atom. The molecule has 1 spiro atoms. The third-order valence-corrected chi connectivity index (χ3v) is 9.35. The summed E-state index contributed by atoms with van der Waals surface area (Å²) in [5.74, 6) is 0.297. The van der Waals surface area contributed by atoms with Crippen LogP contribution in [0.4, 0.5) is 5.69 Å². The summed E-state index contributed by atoms with van der Waals surface area (Å²) in [6.07, 6.45) is 2.66. The summed E-state index contributed by atoms with van der Waals surface area (Å²) >= 11 is 3.38. The Labute approximate surface area is 218 Å². The molecule has 1 saturated carbocycles. The highest BCUT2D eigenvalue weighted by atomic mass is 79.9. The van der Waals surface area contributed by atoms with Crippen molar-refractivity contribution in [2.45, 2.75) is 62.7 Å². The van der Waals surface area contributed by atoms with Gasteiger partial charge < -0.3 is 25.4 Å². The van der Waals surface area contributed by atoms with Gasteiger partial charge in [0.05, 0.1) is 16.6 Å². The first-order valence-electron chi connectivity index (χ1n) is 12.6. The molecular formula is C28H31BrN2O5. The normalized spacial score (nSPS) is 31.3. The lowest BCUT2D eigenvalue weighted by atomic mass is 9.53. The molecule has 0 unspecified atom stereocenters. The van der Waals surface area contributed by atoms with Crippen molar-refractivity contribution in [2.24, 2.45) is 5.92 Å². The maximum absolute atomic E-state index is 13.1. The zero-order chi connectivity index (χ0) is 25.4. The van der Waals surface area contributed by atoms with Crippen LogP contribution >= 0.6 is 15.9 Å². The number of nitrogens with one attached hydrogen (secondary N) is 1. The van der Waals surface area contributed by atoms with Gasteiger partial charge in [-0.1, -0.05) is 22.0 Å². The van der Waals surface area contributed by atoms with E-state index in [-0.39, 0.29) is 23.1 Å². The second-order valence-electron chi connectivity index (χ2n) is 10.9. The van der Waals surface area contributed by atoms with E-state index < -0.39 is 23.0 Å². The highest BCUT2D eigenvalue weighted by molar-refractivity contribution is 9.10. The number of fused-ring (bicyclic) bond motifs is 1. The number of hydrogen-bond acceptors (Lipinski definition) is 6. The fourth-order valence-corrected chi connectivity index (χ4v) is 6.91. The second kappa shape index (κ2) is 8.23. The SMILES string of the molecule is C/C(C(=O)Nc1ccc(Br)cc1)=C(/O)[C@@H]1Oc2c(O)ccc3c2[C@@]12CCN(CC1CC1)[C@H](C3)[C@@]2(C)O. The van der Waals surface area contributed by atoms with Gasteiger partial charge in [0.1, 0.15) is 5.76 Å². The van der Waals surface area contributed by atoms with Crippen molar-refractivity contribution >= 4 is 27.5 Å². The fraction of sp³-hybridized carbons (Fsp3) is 0.464. The van der Waals surface area contributed by atoms with Crippen LogP contribution in [0.1, 0.15) is 44.2 Å². The molecule has 2 aromatic carbocycles. The number of ether oxygens (including phenoxy) is 1. The lowest BCUT2D eigenvalue weighted by Gasteiger charge is -2.59. The summed E-state index contributed by atoms with van der Waals surface area (Å²) in [6, 6.07) is 10.6. The molecule has 2 bridgehead atoms. The molecule has 7 nitrogen and oxygen atoms in total. The minimum absolute atomic E-state index is 0.0185. The maximum atomic E-state index is 13.1. The molecule has 8 heteroatoms. The Hall–Kier alpha value is -2.55. The topological polar surface area (TPSA) is 102 Å². The minimum Gasteiger partial charge on any atom is -0.508 e. The van der Waals surface area contributed by atoms with Crippen molar-refractivity contribution in [3.05, 3.63) is 63.3 Å². The lowest BCUT2D eigenvalue weighted by molar-refractivity contribution is -0.153. The van der Waals surface area contributed by atoms with Gasteiger partial charge in [-0.05, 0) is 87.9 Å². The van der Waals surface area contributed by atoms with E-state index in [9.17, 15) is 20.1 Å². The monoisotopic (exact) mass is 554 g/mol. The van der Waals surface area contributed by atoms with Crippen LogP contribution in [0.3, 0.4) is 0 Å². The van der Waals surface area contributed by atoms with Gasteiger partial charge in [-0.2, -0.15) is 0 Å². The highest BCUT2D eigenvalue weighted by Gasteiger charge is 2.69. The van der Waals surface area contributed by atoms with E-state index in [4.69, 9.17) is 4.74 Å². The molecule has 4 aliphatic rings. The van der Waals surface area contributed by atoms with Crippen LogP contribution in [0.25, 0.3) is 0 Å². The molecule has 0 radical (unpaired) electrons. The first-order valence-corrected chi connectivity index (χ1v) is 13.4. The van der Waals surface area contributed by atoms with Crippen LogP contribution in [0.5, 0.6) is 11.5 Å². The molecule has 0 aromatic heterocycles. The summed E-state index contributed by atoms with van der Waals surface area (Å²) in [5, 5.41) is 37.3. The first-order chi connectivity index (χ1) is 17.1. The number of piperidine rings is 1. The van der Waals surface area contributed by atoms with E-state index in [0.29, 0.717) is 30.2 Å². The molecule has 2 aliphatic carbocycles. The van der Waals surface area contributed by atoms with Crippen LogP contribution < -0.4 is 10.1 Å². The average molecular weight is 555 g/mol. The summed E-state index contributed by atoms with van der Waals surface area (Å²) in [7, 11) is 0. The fourth-order valence-electron chi connectivity index (χ4n) is 6.64. The number of carbonyl (C=O) groups is 1. The molecule has 2 heterocycles. The number of rotatable bonds is 5. The van der Waals surface area contributed by atoms with Crippen LogP contribution in [0, 0.1) is 5.92 Å². The van der Waals surface area contributed by atoms with Gasteiger partial charge in [-0.3, -0.25) is 9.69 Å². The van der Waals surface area contributed by atoms with Crippen molar-refractivity contribution in [3.8, 4) is 11.5 Å². The zero-order valence-corrected chi connectivity index (χ0v) is 22.0. The Bertz CT molecular complexity index is 1270. The Morgan fingerprint density at radius 3 is 2.64 bits per heavy atom. The number of amides is 1. The van der Waals surface area contributed by atoms with Crippen molar-refractivity contribution in [1.29, 1.82) is 0 Å². The number of aromatic hydroxyl groups is 1. The van der Waals surface area contributed by atoms with Crippen LogP contribution in [0.2, 0.25) is 0 Å². The highest BCUT2D eigenvalue weighted by Crippen LogP contribution is 2.63. The molecule has 2 fully saturated rings. The molecule has 190 valence electrons. The quantitative estimate of drug-likeness (QED) is 0.322. The number of phenolic OH excluding ortho intramolecular Hbond substituents is 1. The smallest absolute Gasteiger partial charge is 0.254 e. The molecule has 1 saturated heterocycles. The van der Waals surface area contributed by atoms with E-state index in [2.05, 4.69) is 26.1 Å². The van der Waals surface area contributed by atoms with E-state index in [1.54, 1.807) is 25.1 Å². The number of likely N-dealkylation sites (tertiary alicyclic amines) is 1. The summed E-state index contributed by atoms with van der Waals surface area (Å²) in [6.45, 7) is 5.10. The summed E-state index contributed by atoms with van der Waals surface area (Å²) < 4.78 is 7.17. The van der Waals surface area contributed by atoms with Crippen molar-refractivity contribution in [2.75, 3.05) is 18.4 Å². The number of aliphatic hydroxyl groups is 2. The third kappa shape index (κ3) is 3.41. The number of hydrogen-bond donors (Lipinski definition) is 4. The number of carbonyl (C=O) groups excluding carboxylic acids is 1. The number of anilines is 1. The Kier molecular flexibility index (Phi) is 5.45. The maximum Gasteiger partial charge on any atom is 0.254 e. The second-order valence-corrected chi connectivity index (χ2v) is 11.9. The predicted molar refractivity (Wildman–Crippen MR) is 139 cm³/mol. The molecule has 4 atom stereocenters. The van der Waals surface area contributed by atoms with Gasteiger partial charge in [-0.15, -0.1) is 0 Å². The molecular weight excluding hydrogens is 524 g/mol. The number of phenols is 1. The molecule has 36 heavy (non-hydrogen) atoms. The molecule has 1 amide bonds. The summed E-state index contributed by atoms with van der Waals surface area (Å²) in [5.41, 5.74) is 0.279. The van der Waals surface area contributed by atoms with Gasteiger partial charge >= 0.3 is 0 Å². The average Bonchev–Trinajstić information content (AvgIpc) is 3.58. The summed E-state index contributed by atoms with van der Waals surface area (Å²) in [4.78, 5) is 15.5. The van der Waals surface area contributed by atoms with Crippen LogP contribution in [0.15, 0.2) is 52.2 Å². The Balaban J connectivity index is 1.41. The van der Waals surface area contributed by atoms with Crippen LogP contribution in [-0.4, -0.2) is 57.0 Å².